The minimum atomic E-state index is -0.866. The van der Waals surface area contributed by atoms with Crippen molar-refractivity contribution in [2.24, 2.45) is 0 Å². The van der Waals surface area contributed by atoms with Crippen molar-refractivity contribution < 1.29 is 9.50 Å². The molecule has 1 heterocycles. The summed E-state index contributed by atoms with van der Waals surface area (Å²) in [7, 11) is 1.69. The number of nitrogens with zero attached hydrogens (tertiary/aromatic N) is 1. The molecule has 1 aromatic heterocycles. The van der Waals surface area contributed by atoms with Crippen LogP contribution >= 0.6 is 15.9 Å². The lowest BCUT2D eigenvalue weighted by atomic mass is 10.1. The van der Waals surface area contributed by atoms with Gasteiger partial charge in [-0.15, -0.1) is 0 Å². The lowest BCUT2D eigenvalue weighted by Gasteiger charge is -2.10. The molecule has 0 aromatic carbocycles. The van der Waals surface area contributed by atoms with Crippen LogP contribution in [-0.2, 0) is 0 Å². The van der Waals surface area contributed by atoms with Crippen LogP contribution in [0.1, 0.15) is 11.7 Å². The van der Waals surface area contributed by atoms with Crippen LogP contribution in [0.25, 0.3) is 0 Å². The molecule has 2 N–H and O–H groups in total. The Hall–Kier alpha value is -0.520. The van der Waals surface area contributed by atoms with E-state index in [0.29, 0.717) is 11.0 Å². The third-order valence-electron chi connectivity index (χ3n) is 1.59. The van der Waals surface area contributed by atoms with Crippen LogP contribution in [0.2, 0.25) is 0 Å². The summed E-state index contributed by atoms with van der Waals surface area (Å²) in [5, 5.41) is 12.2. The number of aliphatic hydroxyl groups excluding tert-OH is 1. The Labute approximate surface area is 84.1 Å². The summed E-state index contributed by atoms with van der Waals surface area (Å²) in [4.78, 5) is 3.48. The Morgan fingerprint density at radius 2 is 2.46 bits per heavy atom. The Balaban J connectivity index is 2.91. The highest BCUT2D eigenvalue weighted by molar-refractivity contribution is 9.10. The first-order chi connectivity index (χ1) is 6.15. The maximum atomic E-state index is 13.0. The first-order valence-electron chi connectivity index (χ1n) is 3.78. The van der Waals surface area contributed by atoms with E-state index in [1.54, 1.807) is 7.05 Å². The second kappa shape index (κ2) is 4.64. The van der Waals surface area contributed by atoms with Gasteiger partial charge in [-0.25, -0.2) is 4.98 Å². The highest BCUT2D eigenvalue weighted by Crippen LogP contribution is 2.19. The van der Waals surface area contributed by atoms with E-state index in [9.17, 15) is 9.50 Å². The smallest absolute Gasteiger partial charge is 0.218 e. The summed E-state index contributed by atoms with van der Waals surface area (Å²) in [6.07, 6.45) is 0.486. The maximum absolute atomic E-state index is 13.0. The molecule has 0 amide bonds. The molecule has 13 heavy (non-hydrogen) atoms. The zero-order valence-electron chi connectivity index (χ0n) is 7.09. The number of hydrogen-bond donors (Lipinski definition) is 2. The third-order valence-corrected chi connectivity index (χ3v) is 2.02. The predicted octanol–water partition coefficient (Wildman–Crippen LogP) is 1.24. The zero-order valence-corrected chi connectivity index (χ0v) is 8.68. The molecule has 0 saturated heterocycles. The second-order valence-corrected chi connectivity index (χ2v) is 3.52. The number of likely N-dealkylation sites (N-methyl/N-ethyl adjacent to an activating group) is 1. The lowest BCUT2D eigenvalue weighted by molar-refractivity contribution is 0.172. The van der Waals surface area contributed by atoms with E-state index in [1.165, 1.54) is 12.3 Å². The molecule has 1 unspecified atom stereocenters. The van der Waals surface area contributed by atoms with Crippen molar-refractivity contribution >= 4 is 15.9 Å². The van der Waals surface area contributed by atoms with Crippen molar-refractivity contribution in [3.63, 3.8) is 0 Å². The van der Waals surface area contributed by atoms with E-state index in [0.717, 1.165) is 0 Å². The topological polar surface area (TPSA) is 45.1 Å². The zero-order chi connectivity index (χ0) is 9.84. The molecule has 0 radical (unpaired) electrons. The Bertz CT molecular complexity index is 295. The molecule has 0 saturated carbocycles. The predicted molar refractivity (Wildman–Crippen MR) is 50.8 cm³/mol. The van der Waals surface area contributed by atoms with E-state index in [4.69, 9.17) is 0 Å². The highest BCUT2D eigenvalue weighted by Gasteiger charge is 2.12. The van der Waals surface area contributed by atoms with Crippen LogP contribution in [0.4, 0.5) is 4.39 Å². The van der Waals surface area contributed by atoms with Gasteiger partial charge in [0.05, 0.1) is 6.10 Å². The number of hydrogen-bond acceptors (Lipinski definition) is 3. The molecule has 72 valence electrons. The van der Waals surface area contributed by atoms with Crippen LogP contribution in [0, 0.1) is 5.95 Å². The second-order valence-electron chi connectivity index (χ2n) is 2.61. The molecule has 0 spiro atoms. The SMILES string of the molecule is CNCC(O)c1cc(Br)cnc1F. The number of rotatable bonds is 3. The average molecular weight is 249 g/mol. The monoisotopic (exact) mass is 248 g/mol. The molecular weight excluding hydrogens is 239 g/mol. The van der Waals surface area contributed by atoms with Crippen LogP contribution in [0.3, 0.4) is 0 Å². The standard InChI is InChI=1S/C8H10BrFN2O/c1-11-4-7(13)6-2-5(9)3-12-8(6)10/h2-3,7,11,13H,4H2,1H3. The maximum Gasteiger partial charge on any atom is 0.218 e. The van der Waals surface area contributed by atoms with Gasteiger partial charge >= 0.3 is 0 Å². The fourth-order valence-corrected chi connectivity index (χ4v) is 1.32. The van der Waals surface area contributed by atoms with E-state index < -0.39 is 12.1 Å². The number of aromatic nitrogens is 1. The molecule has 1 aromatic rings. The van der Waals surface area contributed by atoms with Crippen molar-refractivity contribution in [2.75, 3.05) is 13.6 Å². The molecule has 1 atom stereocenters. The molecule has 3 nitrogen and oxygen atoms in total. The third kappa shape index (κ3) is 2.72. The molecular formula is C8H10BrFN2O. The Morgan fingerprint density at radius 1 is 1.77 bits per heavy atom. The number of nitrogens with one attached hydrogen (secondary N) is 1. The molecule has 5 heteroatoms. The van der Waals surface area contributed by atoms with E-state index in [2.05, 4.69) is 26.2 Å². The summed E-state index contributed by atoms with van der Waals surface area (Å²) in [5.74, 6) is -0.633. The van der Waals surface area contributed by atoms with Gasteiger partial charge in [0, 0.05) is 22.8 Å². The highest BCUT2D eigenvalue weighted by atomic mass is 79.9. The van der Waals surface area contributed by atoms with Gasteiger partial charge in [0.2, 0.25) is 5.95 Å². The summed E-state index contributed by atoms with van der Waals surface area (Å²) in [6, 6.07) is 1.52. The van der Waals surface area contributed by atoms with Gasteiger partial charge < -0.3 is 10.4 Å². The Kier molecular flexibility index (Phi) is 3.77. The summed E-state index contributed by atoms with van der Waals surface area (Å²) < 4.78 is 13.7. The minimum absolute atomic E-state index is 0.198. The molecule has 1 rings (SSSR count). The van der Waals surface area contributed by atoms with Crippen LogP contribution in [-0.4, -0.2) is 23.7 Å². The van der Waals surface area contributed by atoms with E-state index >= 15 is 0 Å². The lowest BCUT2D eigenvalue weighted by Crippen LogP contribution is -2.18. The first kappa shape index (κ1) is 10.6. The van der Waals surface area contributed by atoms with Gasteiger partial charge in [0.25, 0.3) is 0 Å². The van der Waals surface area contributed by atoms with Gasteiger partial charge in [-0.05, 0) is 29.0 Å². The molecule has 0 aliphatic carbocycles. The Morgan fingerprint density at radius 3 is 3.08 bits per heavy atom. The number of aliphatic hydroxyl groups is 1. The van der Waals surface area contributed by atoms with Crippen molar-refractivity contribution in [1.29, 1.82) is 0 Å². The van der Waals surface area contributed by atoms with Gasteiger partial charge in [0.1, 0.15) is 0 Å². The van der Waals surface area contributed by atoms with Gasteiger partial charge in [-0.2, -0.15) is 4.39 Å². The van der Waals surface area contributed by atoms with Crippen LogP contribution in [0.5, 0.6) is 0 Å². The normalized spacial score (nSPS) is 12.9. The minimum Gasteiger partial charge on any atom is -0.387 e. The van der Waals surface area contributed by atoms with Gasteiger partial charge in [-0.3, -0.25) is 0 Å². The average Bonchev–Trinajstić information content (AvgIpc) is 2.09. The van der Waals surface area contributed by atoms with E-state index in [-0.39, 0.29) is 5.56 Å². The summed E-state index contributed by atoms with van der Waals surface area (Å²) in [6.45, 7) is 0.301. The molecule has 0 bridgehead atoms. The first-order valence-corrected chi connectivity index (χ1v) is 4.58. The van der Waals surface area contributed by atoms with Gasteiger partial charge in [0.15, 0.2) is 0 Å². The summed E-state index contributed by atoms with van der Waals surface area (Å²) in [5.41, 5.74) is 0.198. The van der Waals surface area contributed by atoms with Gasteiger partial charge in [-0.1, -0.05) is 0 Å². The fourth-order valence-electron chi connectivity index (χ4n) is 0.975. The number of halogens is 2. The quantitative estimate of drug-likeness (QED) is 0.792. The number of pyridine rings is 1. The van der Waals surface area contributed by atoms with Crippen molar-refractivity contribution in [2.45, 2.75) is 6.10 Å². The summed E-state index contributed by atoms with van der Waals surface area (Å²) >= 11 is 3.16. The van der Waals surface area contributed by atoms with E-state index in [1.807, 2.05) is 0 Å². The molecule has 0 aliphatic heterocycles. The van der Waals surface area contributed by atoms with Crippen molar-refractivity contribution in [1.82, 2.24) is 10.3 Å². The molecule has 0 fully saturated rings. The van der Waals surface area contributed by atoms with Crippen LogP contribution < -0.4 is 5.32 Å². The van der Waals surface area contributed by atoms with Crippen molar-refractivity contribution in [3.8, 4) is 0 Å². The van der Waals surface area contributed by atoms with Crippen LogP contribution in [0.15, 0.2) is 16.7 Å². The van der Waals surface area contributed by atoms with Crippen molar-refractivity contribution in [3.05, 3.63) is 28.2 Å². The largest absolute Gasteiger partial charge is 0.387 e. The fraction of sp³-hybridized carbons (Fsp3) is 0.375. The molecule has 0 aliphatic rings.